The van der Waals surface area contributed by atoms with E-state index < -0.39 is 0 Å². The monoisotopic (exact) mass is 238 g/mol. The van der Waals surface area contributed by atoms with E-state index >= 15 is 0 Å². The van der Waals surface area contributed by atoms with Crippen molar-refractivity contribution in [2.24, 2.45) is 5.92 Å². The first kappa shape index (κ1) is 11.9. The number of ether oxygens (including phenoxy) is 1. The molecule has 6 heteroatoms. The Hall–Kier alpha value is -1.56. The predicted molar refractivity (Wildman–Crippen MR) is 63.2 cm³/mol. The van der Waals surface area contributed by atoms with Crippen molar-refractivity contribution in [1.82, 2.24) is 15.1 Å². The van der Waals surface area contributed by atoms with Crippen LogP contribution in [0.15, 0.2) is 12.3 Å². The van der Waals surface area contributed by atoms with Gasteiger partial charge in [-0.1, -0.05) is 0 Å². The maximum Gasteiger partial charge on any atom is 0.241 e. The normalized spacial score (nSPS) is 21.4. The Labute approximate surface area is 100 Å². The molecule has 0 aromatic carbocycles. The zero-order valence-corrected chi connectivity index (χ0v) is 9.93. The third-order valence-corrected chi connectivity index (χ3v) is 3.03. The topological polar surface area (TPSA) is 82.2 Å². The van der Waals surface area contributed by atoms with Crippen LogP contribution in [0.3, 0.4) is 0 Å². The Kier molecular flexibility index (Phi) is 3.63. The summed E-state index contributed by atoms with van der Waals surface area (Å²) in [6.45, 7) is 3.74. The molecule has 2 atom stereocenters. The van der Waals surface area contributed by atoms with Crippen LogP contribution in [0.4, 0.5) is 5.82 Å². The second kappa shape index (κ2) is 5.18. The number of rotatable bonds is 4. The van der Waals surface area contributed by atoms with E-state index in [0.717, 1.165) is 19.6 Å². The number of carbonyl (C=O) groups is 1. The third-order valence-electron chi connectivity index (χ3n) is 3.03. The Bertz CT molecular complexity index is 385. The molecular weight excluding hydrogens is 220 g/mol. The van der Waals surface area contributed by atoms with E-state index in [0.29, 0.717) is 11.7 Å². The molecule has 1 aliphatic rings. The molecule has 3 N–H and O–H groups in total. The maximum atomic E-state index is 11.7. The van der Waals surface area contributed by atoms with Gasteiger partial charge in [-0.15, -0.1) is 0 Å². The first-order valence-corrected chi connectivity index (χ1v) is 5.81. The van der Waals surface area contributed by atoms with E-state index in [1.807, 2.05) is 6.92 Å². The van der Waals surface area contributed by atoms with Crippen LogP contribution in [0.25, 0.3) is 0 Å². The van der Waals surface area contributed by atoms with Gasteiger partial charge < -0.3 is 15.8 Å². The van der Waals surface area contributed by atoms with Crippen LogP contribution in [0.1, 0.15) is 13.3 Å². The van der Waals surface area contributed by atoms with Crippen molar-refractivity contribution >= 4 is 11.7 Å². The zero-order chi connectivity index (χ0) is 12.3. The lowest BCUT2D eigenvalue weighted by Crippen LogP contribution is -2.40. The number of nitrogen functional groups attached to an aromatic ring is 1. The molecule has 17 heavy (non-hydrogen) atoms. The highest BCUT2D eigenvalue weighted by Crippen LogP contribution is 2.16. The molecule has 2 rings (SSSR count). The molecule has 2 heterocycles. The van der Waals surface area contributed by atoms with Crippen LogP contribution in [0.5, 0.6) is 0 Å². The molecule has 1 aliphatic heterocycles. The van der Waals surface area contributed by atoms with E-state index in [1.54, 1.807) is 12.3 Å². The van der Waals surface area contributed by atoms with Crippen LogP contribution in [0, 0.1) is 5.92 Å². The zero-order valence-electron chi connectivity index (χ0n) is 9.93. The molecule has 1 aromatic rings. The van der Waals surface area contributed by atoms with Crippen molar-refractivity contribution in [2.45, 2.75) is 25.9 Å². The highest BCUT2D eigenvalue weighted by atomic mass is 16.5. The largest absolute Gasteiger partial charge is 0.382 e. The molecule has 1 aromatic heterocycles. The van der Waals surface area contributed by atoms with Crippen molar-refractivity contribution in [1.29, 1.82) is 0 Å². The quantitative estimate of drug-likeness (QED) is 0.774. The van der Waals surface area contributed by atoms with E-state index in [2.05, 4.69) is 10.4 Å². The summed E-state index contributed by atoms with van der Waals surface area (Å²) in [5.41, 5.74) is 5.47. The molecule has 1 fully saturated rings. The molecule has 0 bridgehead atoms. The second-order valence-corrected chi connectivity index (χ2v) is 4.42. The third kappa shape index (κ3) is 3.20. The van der Waals surface area contributed by atoms with Gasteiger partial charge >= 0.3 is 0 Å². The van der Waals surface area contributed by atoms with Crippen LogP contribution in [0.2, 0.25) is 0 Å². The summed E-state index contributed by atoms with van der Waals surface area (Å²) in [5.74, 6) is 0.796. The number of nitrogens with one attached hydrogen (secondary N) is 1. The smallest absolute Gasteiger partial charge is 0.241 e. The fourth-order valence-corrected chi connectivity index (χ4v) is 1.98. The summed E-state index contributed by atoms with van der Waals surface area (Å²) in [5, 5.41) is 6.92. The molecule has 0 radical (unpaired) electrons. The van der Waals surface area contributed by atoms with E-state index in [1.165, 1.54) is 4.68 Å². The van der Waals surface area contributed by atoms with Crippen LogP contribution < -0.4 is 11.1 Å². The van der Waals surface area contributed by atoms with Crippen LogP contribution in [-0.2, 0) is 16.1 Å². The van der Waals surface area contributed by atoms with Gasteiger partial charge in [-0.05, 0) is 19.4 Å². The minimum Gasteiger partial charge on any atom is -0.382 e. The standard InChI is InChI=1S/C11H18N4O2/c1-8(9-3-5-17-7-9)13-11(16)6-15-4-2-10(12)14-15/h2,4,8-9H,3,5-7H2,1H3,(H2,12,14)(H,13,16). The minimum atomic E-state index is -0.0486. The number of aromatic nitrogens is 2. The van der Waals surface area contributed by atoms with Gasteiger partial charge in [-0.2, -0.15) is 5.10 Å². The first-order valence-electron chi connectivity index (χ1n) is 5.81. The Morgan fingerprint density at radius 1 is 1.82 bits per heavy atom. The molecular formula is C11H18N4O2. The molecule has 94 valence electrons. The fraction of sp³-hybridized carbons (Fsp3) is 0.636. The summed E-state index contributed by atoms with van der Waals surface area (Å²) in [6.07, 6.45) is 2.70. The predicted octanol–water partition coefficient (Wildman–Crippen LogP) is 0.00650. The van der Waals surface area contributed by atoms with Gasteiger partial charge in [-0.25, -0.2) is 0 Å². The van der Waals surface area contributed by atoms with Gasteiger partial charge in [0.05, 0.1) is 6.61 Å². The lowest BCUT2D eigenvalue weighted by molar-refractivity contribution is -0.122. The van der Waals surface area contributed by atoms with E-state index in [-0.39, 0.29) is 18.5 Å². The van der Waals surface area contributed by atoms with Gasteiger partial charge in [0.2, 0.25) is 5.91 Å². The molecule has 1 saturated heterocycles. The molecule has 0 aliphatic carbocycles. The molecule has 6 nitrogen and oxygen atoms in total. The molecule has 0 saturated carbocycles. The van der Waals surface area contributed by atoms with Crippen molar-refractivity contribution < 1.29 is 9.53 Å². The molecule has 0 spiro atoms. The first-order chi connectivity index (χ1) is 8.15. The number of hydrogen-bond donors (Lipinski definition) is 2. The van der Waals surface area contributed by atoms with Crippen molar-refractivity contribution in [3.63, 3.8) is 0 Å². The number of anilines is 1. The van der Waals surface area contributed by atoms with Crippen molar-refractivity contribution in [3.8, 4) is 0 Å². The van der Waals surface area contributed by atoms with Gasteiger partial charge in [0.25, 0.3) is 0 Å². The Morgan fingerprint density at radius 2 is 2.65 bits per heavy atom. The summed E-state index contributed by atoms with van der Waals surface area (Å²) in [7, 11) is 0. The van der Waals surface area contributed by atoms with Crippen LogP contribution in [-0.4, -0.2) is 34.9 Å². The highest BCUT2D eigenvalue weighted by Gasteiger charge is 2.23. The highest BCUT2D eigenvalue weighted by molar-refractivity contribution is 5.76. The van der Waals surface area contributed by atoms with E-state index in [9.17, 15) is 4.79 Å². The second-order valence-electron chi connectivity index (χ2n) is 4.42. The van der Waals surface area contributed by atoms with Gasteiger partial charge in [0.1, 0.15) is 12.4 Å². The van der Waals surface area contributed by atoms with Gasteiger partial charge in [0.15, 0.2) is 0 Å². The fourth-order valence-electron chi connectivity index (χ4n) is 1.98. The average Bonchev–Trinajstić information content (AvgIpc) is 2.89. The number of nitrogens with zero attached hydrogens (tertiary/aromatic N) is 2. The summed E-state index contributed by atoms with van der Waals surface area (Å²) < 4.78 is 6.83. The summed E-state index contributed by atoms with van der Waals surface area (Å²) in [4.78, 5) is 11.7. The Balaban J connectivity index is 1.80. The Morgan fingerprint density at radius 3 is 3.24 bits per heavy atom. The van der Waals surface area contributed by atoms with E-state index in [4.69, 9.17) is 10.5 Å². The van der Waals surface area contributed by atoms with Gasteiger partial charge in [-0.3, -0.25) is 9.48 Å². The average molecular weight is 238 g/mol. The maximum absolute atomic E-state index is 11.7. The number of amides is 1. The molecule has 2 unspecified atom stereocenters. The van der Waals surface area contributed by atoms with Gasteiger partial charge in [0, 0.05) is 24.8 Å². The van der Waals surface area contributed by atoms with Crippen molar-refractivity contribution in [3.05, 3.63) is 12.3 Å². The molecule has 1 amide bonds. The minimum absolute atomic E-state index is 0.0486. The number of nitrogens with two attached hydrogens (primary N) is 1. The SMILES string of the molecule is CC(NC(=O)Cn1ccc(N)n1)C1CCOC1. The summed E-state index contributed by atoms with van der Waals surface area (Å²) >= 11 is 0. The van der Waals surface area contributed by atoms with Crippen molar-refractivity contribution in [2.75, 3.05) is 18.9 Å². The van der Waals surface area contributed by atoms with Crippen LogP contribution >= 0.6 is 0 Å². The lowest BCUT2D eigenvalue weighted by Gasteiger charge is -2.19. The lowest BCUT2D eigenvalue weighted by atomic mass is 10.0. The number of hydrogen-bond acceptors (Lipinski definition) is 4. The summed E-state index contributed by atoms with van der Waals surface area (Å²) in [6, 6.07) is 1.81. The number of carbonyl (C=O) groups excluding carboxylic acids is 1.